The molecule has 0 unspecified atom stereocenters. The summed E-state index contributed by atoms with van der Waals surface area (Å²) in [6, 6.07) is 5.82. The third kappa shape index (κ3) is 5.72. The number of nitrogens with two attached hydrogens (primary N) is 1. The average Bonchev–Trinajstić information content (AvgIpc) is 2.34. The van der Waals surface area contributed by atoms with Crippen LogP contribution in [0.25, 0.3) is 0 Å². The van der Waals surface area contributed by atoms with Crippen molar-refractivity contribution in [2.24, 2.45) is 0 Å². The standard InChI is InChI=1S/C13H17ClN2O3/c1-2-6-15-11(13(18)19)8-12(17)16-10-5-3-4-9(14)7-10/h3-5,7,11,15H,2,6,8H2,1H3,(H,16,17)(H,18,19)/t11-/m0/s1. The summed E-state index contributed by atoms with van der Waals surface area (Å²) in [4.78, 5) is 22.6. The first kappa shape index (κ1) is 15.5. The Hall–Kier alpha value is -1.59. The van der Waals surface area contributed by atoms with E-state index in [9.17, 15) is 14.7 Å². The van der Waals surface area contributed by atoms with Gasteiger partial charge in [0.1, 0.15) is 6.04 Å². The van der Waals surface area contributed by atoms with Gasteiger partial charge in [-0.2, -0.15) is 0 Å². The molecule has 5 nitrogen and oxygen atoms in total. The largest absolute Gasteiger partial charge is 0.544 e. The van der Waals surface area contributed by atoms with Gasteiger partial charge in [-0.15, -0.1) is 0 Å². The topological polar surface area (TPSA) is 85.8 Å². The van der Waals surface area contributed by atoms with Gasteiger partial charge in [-0.3, -0.25) is 4.79 Å². The molecule has 1 aromatic rings. The van der Waals surface area contributed by atoms with E-state index in [1.54, 1.807) is 29.6 Å². The number of benzene rings is 1. The zero-order valence-electron chi connectivity index (χ0n) is 10.7. The van der Waals surface area contributed by atoms with Gasteiger partial charge in [0.2, 0.25) is 5.91 Å². The fraction of sp³-hybridized carbons (Fsp3) is 0.385. The fourth-order valence-electron chi connectivity index (χ4n) is 1.61. The molecule has 1 rings (SSSR count). The Kier molecular flexibility index (Phi) is 6.32. The summed E-state index contributed by atoms with van der Waals surface area (Å²) in [5.74, 6) is -1.60. The zero-order valence-corrected chi connectivity index (χ0v) is 11.4. The molecule has 0 heterocycles. The molecule has 0 aliphatic heterocycles. The van der Waals surface area contributed by atoms with E-state index in [0.29, 0.717) is 17.3 Å². The minimum atomic E-state index is -1.23. The van der Waals surface area contributed by atoms with Crippen molar-refractivity contribution < 1.29 is 20.0 Å². The SMILES string of the molecule is CCC[NH2+][C@@H](CC(=O)Nc1cccc(Cl)c1)C(=O)[O-]. The lowest BCUT2D eigenvalue weighted by Gasteiger charge is -2.16. The predicted octanol–water partition coefficient (Wildman–Crippen LogP) is -0.240. The number of halogens is 1. The van der Waals surface area contributed by atoms with E-state index in [1.165, 1.54) is 0 Å². The van der Waals surface area contributed by atoms with Gasteiger partial charge < -0.3 is 20.5 Å². The van der Waals surface area contributed by atoms with E-state index in [0.717, 1.165) is 6.42 Å². The van der Waals surface area contributed by atoms with Crippen molar-refractivity contribution in [3.63, 3.8) is 0 Å². The lowest BCUT2D eigenvalue weighted by molar-refractivity contribution is -0.682. The van der Waals surface area contributed by atoms with Gasteiger partial charge in [-0.05, 0) is 24.6 Å². The molecule has 0 fully saturated rings. The van der Waals surface area contributed by atoms with E-state index in [4.69, 9.17) is 11.6 Å². The minimum absolute atomic E-state index is 0.130. The first-order valence-electron chi connectivity index (χ1n) is 6.12. The molecule has 104 valence electrons. The number of anilines is 1. The molecular formula is C13H17ClN2O3. The number of nitrogens with one attached hydrogen (secondary N) is 1. The van der Waals surface area contributed by atoms with Gasteiger partial charge in [0.25, 0.3) is 0 Å². The van der Waals surface area contributed by atoms with Crippen molar-refractivity contribution in [3.8, 4) is 0 Å². The monoisotopic (exact) mass is 284 g/mol. The molecule has 0 bridgehead atoms. The van der Waals surface area contributed by atoms with Crippen LogP contribution in [0, 0.1) is 0 Å². The predicted molar refractivity (Wildman–Crippen MR) is 70.6 cm³/mol. The van der Waals surface area contributed by atoms with Gasteiger partial charge in [-0.25, -0.2) is 0 Å². The molecule has 19 heavy (non-hydrogen) atoms. The van der Waals surface area contributed by atoms with Gasteiger partial charge in [-0.1, -0.05) is 24.6 Å². The number of aliphatic carboxylic acids is 1. The van der Waals surface area contributed by atoms with Gasteiger partial charge in [0.15, 0.2) is 0 Å². The number of hydrogen-bond donors (Lipinski definition) is 2. The van der Waals surface area contributed by atoms with Crippen molar-refractivity contribution in [3.05, 3.63) is 29.3 Å². The summed E-state index contributed by atoms with van der Waals surface area (Å²) < 4.78 is 0. The molecule has 1 aromatic carbocycles. The molecule has 6 heteroatoms. The van der Waals surface area contributed by atoms with Crippen LogP contribution in [0.5, 0.6) is 0 Å². The van der Waals surface area contributed by atoms with E-state index in [1.807, 2.05) is 6.92 Å². The molecule has 0 radical (unpaired) electrons. The van der Waals surface area contributed by atoms with E-state index in [-0.39, 0.29) is 12.3 Å². The highest BCUT2D eigenvalue weighted by atomic mass is 35.5. The van der Waals surface area contributed by atoms with Crippen LogP contribution in [0.3, 0.4) is 0 Å². The van der Waals surface area contributed by atoms with Crippen LogP contribution in [-0.4, -0.2) is 24.5 Å². The highest BCUT2D eigenvalue weighted by Gasteiger charge is 2.17. The summed E-state index contributed by atoms with van der Waals surface area (Å²) in [5, 5.41) is 15.6. The Labute approximate surface area is 117 Å². The summed E-state index contributed by atoms with van der Waals surface area (Å²) in [6.07, 6.45) is 0.703. The quantitative estimate of drug-likeness (QED) is 0.725. The first-order chi connectivity index (χ1) is 9.02. The van der Waals surface area contributed by atoms with E-state index >= 15 is 0 Å². The normalized spacial score (nSPS) is 11.9. The van der Waals surface area contributed by atoms with Crippen LogP contribution in [0.2, 0.25) is 5.02 Å². The molecule has 0 spiro atoms. The molecule has 0 aromatic heterocycles. The van der Waals surface area contributed by atoms with Gasteiger partial charge >= 0.3 is 0 Å². The second-order valence-corrected chi connectivity index (χ2v) is 4.65. The molecule has 1 atom stereocenters. The molecule has 0 saturated heterocycles. The van der Waals surface area contributed by atoms with Crippen molar-refractivity contribution >= 4 is 29.2 Å². The average molecular weight is 285 g/mol. The Bertz CT molecular complexity index is 451. The zero-order chi connectivity index (χ0) is 14.3. The summed E-state index contributed by atoms with van der Waals surface area (Å²) in [7, 11) is 0. The van der Waals surface area contributed by atoms with E-state index in [2.05, 4.69) is 5.32 Å². The molecular weight excluding hydrogens is 268 g/mol. The smallest absolute Gasteiger partial charge is 0.230 e. The Balaban J connectivity index is 2.55. The number of carboxylic acid groups (broad SMARTS) is 1. The van der Waals surface area contributed by atoms with Crippen molar-refractivity contribution in [2.45, 2.75) is 25.8 Å². The molecule has 1 amide bonds. The number of amides is 1. The van der Waals surface area contributed by atoms with Crippen LogP contribution >= 0.6 is 11.6 Å². The second kappa shape index (κ2) is 7.76. The Morgan fingerprint density at radius 3 is 2.79 bits per heavy atom. The van der Waals surface area contributed by atoms with Crippen molar-refractivity contribution in [2.75, 3.05) is 11.9 Å². The Morgan fingerprint density at radius 2 is 2.21 bits per heavy atom. The summed E-state index contributed by atoms with van der Waals surface area (Å²) in [5.41, 5.74) is 0.546. The number of quaternary nitrogens is 1. The number of rotatable bonds is 7. The molecule has 0 aliphatic carbocycles. The maximum absolute atomic E-state index is 11.7. The minimum Gasteiger partial charge on any atom is -0.544 e. The number of carbonyl (C=O) groups is 2. The van der Waals surface area contributed by atoms with Crippen molar-refractivity contribution in [1.29, 1.82) is 0 Å². The van der Waals surface area contributed by atoms with Crippen LogP contribution in [-0.2, 0) is 9.59 Å². The third-order valence-corrected chi connectivity index (χ3v) is 2.79. The Morgan fingerprint density at radius 1 is 1.47 bits per heavy atom. The second-order valence-electron chi connectivity index (χ2n) is 4.21. The maximum Gasteiger partial charge on any atom is 0.230 e. The molecule has 0 saturated carbocycles. The van der Waals surface area contributed by atoms with Gasteiger partial charge in [0.05, 0.1) is 18.9 Å². The lowest BCUT2D eigenvalue weighted by Crippen LogP contribution is -2.93. The highest BCUT2D eigenvalue weighted by molar-refractivity contribution is 6.30. The van der Waals surface area contributed by atoms with Crippen LogP contribution in [0.15, 0.2) is 24.3 Å². The first-order valence-corrected chi connectivity index (χ1v) is 6.50. The summed E-state index contributed by atoms with van der Waals surface area (Å²) in [6.45, 7) is 2.58. The lowest BCUT2D eigenvalue weighted by atomic mass is 10.2. The van der Waals surface area contributed by atoms with Crippen molar-refractivity contribution in [1.82, 2.24) is 0 Å². The van der Waals surface area contributed by atoms with Gasteiger partial charge in [0, 0.05) is 10.7 Å². The van der Waals surface area contributed by atoms with Crippen LogP contribution in [0.4, 0.5) is 5.69 Å². The molecule has 3 N–H and O–H groups in total. The van der Waals surface area contributed by atoms with Crippen LogP contribution < -0.4 is 15.7 Å². The fourth-order valence-corrected chi connectivity index (χ4v) is 1.80. The summed E-state index contributed by atoms with van der Waals surface area (Å²) >= 11 is 5.79. The number of carbonyl (C=O) groups excluding carboxylic acids is 2. The number of hydrogen-bond acceptors (Lipinski definition) is 3. The maximum atomic E-state index is 11.7. The van der Waals surface area contributed by atoms with Crippen LogP contribution in [0.1, 0.15) is 19.8 Å². The number of carboxylic acids is 1. The highest BCUT2D eigenvalue weighted by Crippen LogP contribution is 2.14. The third-order valence-electron chi connectivity index (χ3n) is 2.56. The molecule has 0 aliphatic rings. The van der Waals surface area contributed by atoms with E-state index < -0.39 is 12.0 Å².